The van der Waals surface area contributed by atoms with Crippen LogP contribution >= 0.6 is 0 Å². The van der Waals surface area contributed by atoms with Crippen LogP contribution in [0.5, 0.6) is 0 Å². The average Bonchev–Trinajstić information content (AvgIpc) is 1.27. The average molecular weight is 104 g/mol. The molecule has 40 valence electrons. The molecule has 0 aromatic heterocycles. The van der Waals surface area contributed by atoms with E-state index in [9.17, 15) is 8.63 Å². The summed E-state index contributed by atoms with van der Waals surface area (Å²) in [5.74, 6) is 0. The summed E-state index contributed by atoms with van der Waals surface area (Å²) < 4.78 is 22.4. The lowest BCUT2D eigenvalue weighted by Gasteiger charge is -1.88. The van der Waals surface area contributed by atoms with Crippen molar-refractivity contribution in [1.29, 1.82) is 0 Å². The summed E-state index contributed by atoms with van der Waals surface area (Å²) in [6.45, 7) is 4.90. The molecule has 0 N–H and O–H groups in total. The Morgan fingerprint density at radius 1 is 1.71 bits per heavy atom. The second kappa shape index (κ2) is 2.78. The van der Waals surface area contributed by atoms with Crippen LogP contribution in [0.3, 0.4) is 0 Å². The van der Waals surface area contributed by atoms with Gasteiger partial charge in [0.05, 0.1) is 0 Å². The fraction of sp³-hybridized carbons (Fsp3) is 0.500. The van der Waals surface area contributed by atoms with Crippen molar-refractivity contribution in [1.82, 2.24) is 0 Å². The lowest BCUT2D eigenvalue weighted by molar-refractivity contribution is 0.661. The molecule has 0 aliphatic carbocycles. The summed E-state index contributed by atoms with van der Waals surface area (Å²) >= 11 is 0. The van der Waals surface area contributed by atoms with E-state index in [1.54, 1.807) is 6.92 Å². The van der Waals surface area contributed by atoms with Crippen molar-refractivity contribution in [3.63, 3.8) is 0 Å². The first-order valence-electron chi connectivity index (χ1n) is 2.05. The van der Waals surface area contributed by atoms with Gasteiger partial charge in [0.15, 0.2) is 0 Å². The van der Waals surface area contributed by atoms with E-state index in [1.807, 2.05) is 0 Å². The molecule has 0 nitrogen and oxygen atoms in total. The van der Waals surface area contributed by atoms with E-state index < -0.39 is 7.27 Å². The van der Waals surface area contributed by atoms with Crippen LogP contribution < -0.4 is 0 Å². The zero-order valence-electron chi connectivity index (χ0n) is 4.25. The standard InChI is InChI=1S/C4H7BF2/c1-4(2)3-5(6)7/h1,3H2,2H3. The molecule has 0 atom stereocenters. The molecule has 0 saturated heterocycles. The predicted molar refractivity (Wildman–Crippen MR) is 27.6 cm³/mol. The summed E-state index contributed by atoms with van der Waals surface area (Å²) in [7, 11) is -2.22. The van der Waals surface area contributed by atoms with Crippen molar-refractivity contribution < 1.29 is 8.63 Å². The maximum absolute atomic E-state index is 11.2. The van der Waals surface area contributed by atoms with Crippen LogP contribution in [0.2, 0.25) is 6.32 Å². The van der Waals surface area contributed by atoms with Crippen molar-refractivity contribution in [3.8, 4) is 0 Å². The van der Waals surface area contributed by atoms with Crippen LogP contribution in [0.25, 0.3) is 0 Å². The van der Waals surface area contributed by atoms with Gasteiger partial charge in [-0.25, -0.2) is 0 Å². The van der Waals surface area contributed by atoms with E-state index in [4.69, 9.17) is 0 Å². The zero-order valence-corrected chi connectivity index (χ0v) is 4.25. The van der Waals surface area contributed by atoms with Crippen molar-refractivity contribution in [2.24, 2.45) is 0 Å². The van der Waals surface area contributed by atoms with E-state index in [2.05, 4.69) is 6.58 Å². The van der Waals surface area contributed by atoms with Gasteiger partial charge in [0, 0.05) is 6.32 Å². The largest absolute Gasteiger partial charge is 0.542 e. The molecule has 3 heteroatoms. The second-order valence-electron chi connectivity index (χ2n) is 1.55. The lowest BCUT2D eigenvalue weighted by atomic mass is 9.89. The highest BCUT2D eigenvalue weighted by atomic mass is 19.2. The Labute approximate surface area is 42.4 Å². The number of hydrogen-bond donors (Lipinski definition) is 0. The van der Waals surface area contributed by atoms with Gasteiger partial charge < -0.3 is 0 Å². The molecule has 0 fully saturated rings. The molecule has 0 rings (SSSR count). The fourth-order valence-electron chi connectivity index (χ4n) is 0.263. The Morgan fingerprint density at radius 3 is 2.14 bits per heavy atom. The summed E-state index contributed by atoms with van der Waals surface area (Å²) in [4.78, 5) is 0. The molecule has 0 spiro atoms. The van der Waals surface area contributed by atoms with Gasteiger partial charge in [-0.1, -0.05) is 5.57 Å². The van der Waals surface area contributed by atoms with E-state index in [0.717, 1.165) is 0 Å². The van der Waals surface area contributed by atoms with Gasteiger partial charge >= 0.3 is 7.27 Å². The van der Waals surface area contributed by atoms with Crippen molar-refractivity contribution in [2.45, 2.75) is 13.2 Å². The first-order valence-corrected chi connectivity index (χ1v) is 2.05. The second-order valence-corrected chi connectivity index (χ2v) is 1.55. The van der Waals surface area contributed by atoms with E-state index in [0.29, 0.717) is 5.57 Å². The highest BCUT2D eigenvalue weighted by molar-refractivity contribution is 6.43. The minimum absolute atomic E-state index is 0.167. The SMILES string of the molecule is C=C(C)CB(F)F. The normalized spacial score (nSPS) is 8.43. The minimum atomic E-state index is -2.22. The summed E-state index contributed by atoms with van der Waals surface area (Å²) in [5.41, 5.74) is 0.537. The molecular weight excluding hydrogens is 96.9 g/mol. The fourth-order valence-corrected chi connectivity index (χ4v) is 0.263. The van der Waals surface area contributed by atoms with Crippen molar-refractivity contribution in [2.75, 3.05) is 0 Å². The highest BCUT2D eigenvalue weighted by Crippen LogP contribution is 2.02. The van der Waals surface area contributed by atoms with Crippen LogP contribution in [0.15, 0.2) is 12.2 Å². The monoisotopic (exact) mass is 104 g/mol. The summed E-state index contributed by atoms with van der Waals surface area (Å²) in [6, 6.07) is 0. The molecule has 0 unspecified atom stereocenters. The third-order valence-corrected chi connectivity index (χ3v) is 0.503. The third kappa shape index (κ3) is 5.66. The van der Waals surface area contributed by atoms with Gasteiger partial charge in [-0.15, -0.1) is 6.58 Å². The van der Waals surface area contributed by atoms with Crippen LogP contribution in [-0.4, -0.2) is 7.27 Å². The molecule has 0 saturated carbocycles. The lowest BCUT2D eigenvalue weighted by Crippen LogP contribution is -1.93. The first-order chi connectivity index (χ1) is 3.13. The topological polar surface area (TPSA) is 0 Å². The molecule has 0 aromatic carbocycles. The van der Waals surface area contributed by atoms with Crippen LogP contribution in [-0.2, 0) is 0 Å². The molecule has 7 heavy (non-hydrogen) atoms. The quantitative estimate of drug-likeness (QED) is 0.371. The van der Waals surface area contributed by atoms with Crippen molar-refractivity contribution in [3.05, 3.63) is 12.2 Å². The molecule has 0 bridgehead atoms. The Morgan fingerprint density at radius 2 is 2.14 bits per heavy atom. The number of rotatable bonds is 2. The number of halogens is 2. The molecular formula is C4H7BF2. The Balaban J connectivity index is 3.13. The van der Waals surface area contributed by atoms with Crippen LogP contribution in [0.1, 0.15) is 6.92 Å². The van der Waals surface area contributed by atoms with Crippen LogP contribution in [0.4, 0.5) is 8.63 Å². The van der Waals surface area contributed by atoms with Gasteiger partial charge in [-0.3, -0.25) is 8.63 Å². The molecule has 0 amide bonds. The Hall–Kier alpha value is -0.335. The molecule has 0 aliphatic heterocycles. The molecule has 0 radical (unpaired) electrons. The smallest absolute Gasteiger partial charge is 0.287 e. The van der Waals surface area contributed by atoms with Crippen LogP contribution in [0, 0.1) is 0 Å². The van der Waals surface area contributed by atoms with E-state index in [-0.39, 0.29) is 6.32 Å². The van der Waals surface area contributed by atoms with Gasteiger partial charge in [-0.2, -0.15) is 0 Å². The zero-order chi connectivity index (χ0) is 5.86. The van der Waals surface area contributed by atoms with Crippen molar-refractivity contribution >= 4 is 7.27 Å². The first kappa shape index (κ1) is 6.66. The molecule has 0 aromatic rings. The Bertz CT molecular complexity index is 70.1. The van der Waals surface area contributed by atoms with E-state index in [1.165, 1.54) is 0 Å². The summed E-state index contributed by atoms with van der Waals surface area (Å²) in [6.07, 6.45) is -0.167. The number of allylic oxidation sites excluding steroid dienone is 1. The minimum Gasteiger partial charge on any atom is -0.287 e. The number of hydrogen-bond acceptors (Lipinski definition) is 0. The summed E-state index contributed by atoms with van der Waals surface area (Å²) in [5, 5.41) is 0. The van der Waals surface area contributed by atoms with E-state index >= 15 is 0 Å². The van der Waals surface area contributed by atoms with Gasteiger partial charge in [0.2, 0.25) is 0 Å². The Kier molecular flexibility index (Phi) is 2.64. The third-order valence-electron chi connectivity index (χ3n) is 0.503. The molecule has 0 aliphatic rings. The van der Waals surface area contributed by atoms with Gasteiger partial charge in [0.1, 0.15) is 0 Å². The highest BCUT2D eigenvalue weighted by Gasteiger charge is 2.10. The predicted octanol–water partition coefficient (Wildman–Crippen LogP) is 1.99. The van der Waals surface area contributed by atoms with Gasteiger partial charge in [0.25, 0.3) is 0 Å². The molecule has 0 heterocycles. The van der Waals surface area contributed by atoms with Gasteiger partial charge in [-0.05, 0) is 6.92 Å². The maximum Gasteiger partial charge on any atom is 0.542 e. The maximum atomic E-state index is 11.2.